The minimum absolute atomic E-state index is 0.129. The topological polar surface area (TPSA) is 95.0 Å². The fraction of sp³-hybridized carbons (Fsp3) is 0.895. The molecule has 1 fully saturated rings. The van der Waals surface area contributed by atoms with E-state index in [1.165, 1.54) is 19.3 Å². The SMILES string of the molecule is CCNC(=NCC1(CCO)CCCCC1)NCCNC(=O)OC(C)(C)C. The van der Waals surface area contributed by atoms with Gasteiger partial charge in [-0.05, 0) is 52.4 Å². The molecule has 7 heteroatoms. The van der Waals surface area contributed by atoms with E-state index >= 15 is 0 Å². The second-order valence-electron chi connectivity index (χ2n) is 8.08. The van der Waals surface area contributed by atoms with Crippen LogP contribution >= 0.6 is 0 Å². The minimum atomic E-state index is -0.491. The Balaban J connectivity index is 2.46. The molecule has 7 nitrogen and oxygen atoms in total. The summed E-state index contributed by atoms with van der Waals surface area (Å²) in [5, 5.41) is 18.6. The number of aliphatic imine (C=N–C) groups is 1. The van der Waals surface area contributed by atoms with Gasteiger partial charge in [0, 0.05) is 32.8 Å². The average molecular weight is 371 g/mol. The van der Waals surface area contributed by atoms with Crippen LogP contribution in [0.3, 0.4) is 0 Å². The van der Waals surface area contributed by atoms with Crippen molar-refractivity contribution >= 4 is 12.1 Å². The molecule has 0 aliphatic heterocycles. The van der Waals surface area contributed by atoms with Crippen molar-refractivity contribution in [2.24, 2.45) is 10.4 Å². The molecule has 26 heavy (non-hydrogen) atoms. The normalized spacial score (nSPS) is 17.5. The number of nitrogens with zero attached hydrogens (tertiary/aromatic N) is 1. The molecule has 1 aliphatic carbocycles. The maximum atomic E-state index is 11.6. The van der Waals surface area contributed by atoms with Crippen LogP contribution in [0, 0.1) is 5.41 Å². The second kappa shape index (κ2) is 11.3. The molecule has 0 saturated heterocycles. The van der Waals surface area contributed by atoms with E-state index in [1.54, 1.807) is 0 Å². The number of carbonyl (C=O) groups excluding carboxylic acids is 1. The molecule has 152 valence electrons. The van der Waals surface area contributed by atoms with Crippen LogP contribution in [0.2, 0.25) is 0 Å². The highest BCUT2D eigenvalue weighted by atomic mass is 16.6. The molecule has 0 unspecified atom stereocenters. The van der Waals surface area contributed by atoms with Crippen molar-refractivity contribution in [3.05, 3.63) is 0 Å². The Labute approximate surface area is 158 Å². The van der Waals surface area contributed by atoms with E-state index in [9.17, 15) is 9.90 Å². The third-order valence-electron chi connectivity index (χ3n) is 4.56. The third-order valence-corrected chi connectivity index (χ3v) is 4.56. The molecule has 0 heterocycles. The molecule has 0 spiro atoms. The predicted octanol–water partition coefficient (Wildman–Crippen LogP) is 2.40. The van der Waals surface area contributed by atoms with E-state index in [4.69, 9.17) is 9.73 Å². The van der Waals surface area contributed by atoms with E-state index in [1.807, 2.05) is 27.7 Å². The van der Waals surface area contributed by atoms with Crippen LogP contribution in [0.1, 0.15) is 66.2 Å². The molecule has 1 aliphatic rings. The molecule has 0 aromatic carbocycles. The van der Waals surface area contributed by atoms with Gasteiger partial charge in [-0.1, -0.05) is 19.3 Å². The van der Waals surface area contributed by atoms with Crippen molar-refractivity contribution in [3.8, 4) is 0 Å². The monoisotopic (exact) mass is 370 g/mol. The van der Waals surface area contributed by atoms with Crippen molar-refractivity contribution in [2.75, 3.05) is 32.8 Å². The van der Waals surface area contributed by atoms with Crippen molar-refractivity contribution in [1.82, 2.24) is 16.0 Å². The van der Waals surface area contributed by atoms with Gasteiger partial charge in [0.2, 0.25) is 0 Å². The third kappa shape index (κ3) is 9.27. The predicted molar refractivity (Wildman–Crippen MR) is 105 cm³/mol. The zero-order valence-electron chi connectivity index (χ0n) is 17.0. The van der Waals surface area contributed by atoms with Gasteiger partial charge in [-0.2, -0.15) is 0 Å². The number of nitrogens with one attached hydrogen (secondary N) is 3. The van der Waals surface area contributed by atoms with Gasteiger partial charge in [-0.25, -0.2) is 4.79 Å². The van der Waals surface area contributed by atoms with Gasteiger partial charge in [0.15, 0.2) is 5.96 Å². The van der Waals surface area contributed by atoms with Crippen LogP contribution in [-0.4, -0.2) is 55.5 Å². The highest BCUT2D eigenvalue weighted by molar-refractivity contribution is 5.79. The minimum Gasteiger partial charge on any atom is -0.444 e. The Morgan fingerprint density at radius 3 is 2.35 bits per heavy atom. The summed E-state index contributed by atoms with van der Waals surface area (Å²) in [5.41, 5.74) is -0.362. The van der Waals surface area contributed by atoms with E-state index in [-0.39, 0.29) is 12.0 Å². The number of aliphatic hydroxyl groups excluding tert-OH is 1. The summed E-state index contributed by atoms with van der Waals surface area (Å²) in [6.07, 6.45) is 6.40. The van der Waals surface area contributed by atoms with E-state index in [2.05, 4.69) is 16.0 Å². The Morgan fingerprint density at radius 2 is 1.77 bits per heavy atom. The molecule has 1 amide bonds. The molecule has 0 radical (unpaired) electrons. The lowest BCUT2D eigenvalue weighted by Crippen LogP contribution is -2.43. The summed E-state index contributed by atoms with van der Waals surface area (Å²) >= 11 is 0. The molecule has 4 N–H and O–H groups in total. The summed E-state index contributed by atoms with van der Waals surface area (Å²) in [4.78, 5) is 16.4. The van der Waals surface area contributed by atoms with Crippen LogP contribution in [0.5, 0.6) is 0 Å². The number of hydrogen-bond donors (Lipinski definition) is 4. The molecular formula is C19H38N4O3. The van der Waals surface area contributed by atoms with Gasteiger partial charge in [0.05, 0.1) is 0 Å². The van der Waals surface area contributed by atoms with Gasteiger partial charge in [0.25, 0.3) is 0 Å². The van der Waals surface area contributed by atoms with E-state index < -0.39 is 11.7 Å². The summed E-state index contributed by atoms with van der Waals surface area (Å²) in [6, 6.07) is 0. The first-order valence-corrected chi connectivity index (χ1v) is 9.90. The molecular weight excluding hydrogens is 332 g/mol. The van der Waals surface area contributed by atoms with Crippen molar-refractivity contribution in [2.45, 2.75) is 71.8 Å². The van der Waals surface area contributed by atoms with Crippen molar-refractivity contribution < 1.29 is 14.6 Å². The number of rotatable bonds is 8. The fourth-order valence-corrected chi connectivity index (χ4v) is 3.27. The first-order valence-electron chi connectivity index (χ1n) is 9.90. The molecule has 1 saturated carbocycles. The van der Waals surface area contributed by atoms with Crippen molar-refractivity contribution in [1.29, 1.82) is 0 Å². The van der Waals surface area contributed by atoms with Gasteiger partial charge in [0.1, 0.15) is 5.60 Å². The summed E-state index contributed by atoms with van der Waals surface area (Å²) in [6.45, 7) is 10.3. The number of ether oxygens (including phenoxy) is 1. The molecule has 0 bridgehead atoms. The zero-order valence-corrected chi connectivity index (χ0v) is 17.0. The largest absolute Gasteiger partial charge is 0.444 e. The molecule has 0 aromatic heterocycles. The lowest BCUT2D eigenvalue weighted by molar-refractivity contribution is 0.0529. The fourth-order valence-electron chi connectivity index (χ4n) is 3.27. The Morgan fingerprint density at radius 1 is 1.12 bits per heavy atom. The van der Waals surface area contributed by atoms with E-state index in [0.29, 0.717) is 13.1 Å². The highest BCUT2D eigenvalue weighted by Crippen LogP contribution is 2.39. The lowest BCUT2D eigenvalue weighted by atomic mass is 9.72. The van der Waals surface area contributed by atoms with Crippen LogP contribution in [0.4, 0.5) is 4.79 Å². The quantitative estimate of drug-likeness (QED) is 0.299. The average Bonchev–Trinajstić information content (AvgIpc) is 2.56. The van der Waals surface area contributed by atoms with Gasteiger partial charge in [-0.3, -0.25) is 4.99 Å². The number of aliphatic hydroxyl groups is 1. The number of amides is 1. The maximum absolute atomic E-state index is 11.6. The number of guanidine groups is 1. The summed E-state index contributed by atoms with van der Waals surface area (Å²) in [5.74, 6) is 0.751. The van der Waals surface area contributed by atoms with E-state index in [0.717, 1.165) is 38.3 Å². The molecule has 0 atom stereocenters. The summed E-state index contributed by atoms with van der Waals surface area (Å²) in [7, 11) is 0. The zero-order chi connectivity index (χ0) is 19.5. The second-order valence-corrected chi connectivity index (χ2v) is 8.08. The molecule has 1 rings (SSSR count). The lowest BCUT2D eigenvalue weighted by Gasteiger charge is -2.35. The highest BCUT2D eigenvalue weighted by Gasteiger charge is 2.31. The first kappa shape index (κ1) is 22.5. The Kier molecular flexibility index (Phi) is 9.76. The summed E-state index contributed by atoms with van der Waals surface area (Å²) < 4.78 is 5.21. The maximum Gasteiger partial charge on any atom is 0.407 e. The first-order chi connectivity index (χ1) is 12.3. The Hall–Kier alpha value is -1.50. The van der Waals surface area contributed by atoms with Gasteiger partial charge < -0.3 is 25.8 Å². The van der Waals surface area contributed by atoms with Crippen LogP contribution < -0.4 is 16.0 Å². The van der Waals surface area contributed by atoms with Gasteiger partial charge >= 0.3 is 6.09 Å². The number of alkyl carbamates (subject to hydrolysis) is 1. The smallest absolute Gasteiger partial charge is 0.407 e. The van der Waals surface area contributed by atoms with Crippen LogP contribution in [0.15, 0.2) is 4.99 Å². The Bertz CT molecular complexity index is 435. The van der Waals surface area contributed by atoms with Crippen molar-refractivity contribution in [3.63, 3.8) is 0 Å². The van der Waals surface area contributed by atoms with Crippen LogP contribution in [-0.2, 0) is 4.74 Å². The van der Waals surface area contributed by atoms with Crippen LogP contribution in [0.25, 0.3) is 0 Å². The molecule has 0 aromatic rings. The van der Waals surface area contributed by atoms with Gasteiger partial charge in [-0.15, -0.1) is 0 Å². The standard InChI is InChI=1S/C19H38N4O3/c1-5-20-16(21-12-13-22-17(25)26-18(2,3)4)23-15-19(11-14-24)9-7-6-8-10-19/h24H,5-15H2,1-4H3,(H,22,25)(H2,20,21,23). The number of carbonyl (C=O) groups is 1. The number of hydrogen-bond acceptors (Lipinski definition) is 4.